The predicted molar refractivity (Wildman–Crippen MR) is 112 cm³/mol. The first kappa shape index (κ1) is 19.7. The van der Waals surface area contributed by atoms with E-state index in [0.29, 0.717) is 35.3 Å². The molecule has 0 bridgehead atoms. The summed E-state index contributed by atoms with van der Waals surface area (Å²) in [6.45, 7) is 4.76. The molecule has 0 N–H and O–H groups in total. The average molecular weight is 409 g/mol. The van der Waals surface area contributed by atoms with Crippen molar-refractivity contribution < 1.29 is 9.15 Å². The summed E-state index contributed by atoms with van der Waals surface area (Å²) in [7, 11) is 3.06. The molecule has 0 saturated carbocycles. The van der Waals surface area contributed by atoms with Gasteiger partial charge < -0.3 is 9.15 Å². The third-order valence-corrected chi connectivity index (χ3v) is 4.99. The van der Waals surface area contributed by atoms with Crippen LogP contribution < -0.4 is 16.0 Å². The third kappa shape index (κ3) is 3.42. The number of aryl methyl sites for hydroxylation is 2. The Labute approximate surface area is 172 Å². The number of hydrogen-bond donors (Lipinski definition) is 0. The fourth-order valence-corrected chi connectivity index (χ4v) is 3.24. The van der Waals surface area contributed by atoms with Crippen LogP contribution in [0.3, 0.4) is 0 Å². The van der Waals surface area contributed by atoms with E-state index in [4.69, 9.17) is 9.15 Å². The minimum atomic E-state index is -0.428. The van der Waals surface area contributed by atoms with Crippen molar-refractivity contribution in [1.29, 1.82) is 0 Å². The Bertz CT molecular complexity index is 1290. The van der Waals surface area contributed by atoms with E-state index in [9.17, 15) is 9.59 Å². The Morgan fingerprint density at radius 2 is 1.83 bits per heavy atom. The van der Waals surface area contributed by atoms with Crippen molar-refractivity contribution in [2.75, 3.05) is 0 Å². The number of imidazole rings is 1. The minimum Gasteiger partial charge on any atom is -0.445 e. The SMILES string of the molecule is CC(C)CCn1c(Oc2ccc(-c3ncco3)cc2)nc2c1c(=O)n(C)c(=O)n2C. The van der Waals surface area contributed by atoms with Gasteiger partial charge >= 0.3 is 11.7 Å². The normalized spacial score (nSPS) is 11.5. The summed E-state index contributed by atoms with van der Waals surface area (Å²) in [5, 5.41) is 0. The second-order valence-electron chi connectivity index (χ2n) is 7.57. The maximum atomic E-state index is 12.8. The maximum absolute atomic E-state index is 12.8. The van der Waals surface area contributed by atoms with E-state index in [1.807, 2.05) is 12.1 Å². The van der Waals surface area contributed by atoms with Gasteiger partial charge in [0.1, 0.15) is 12.0 Å². The molecular weight excluding hydrogens is 386 g/mol. The monoisotopic (exact) mass is 409 g/mol. The number of benzene rings is 1. The number of oxazole rings is 1. The number of rotatable bonds is 6. The van der Waals surface area contributed by atoms with Gasteiger partial charge in [-0.05, 0) is 36.6 Å². The fourth-order valence-electron chi connectivity index (χ4n) is 3.24. The van der Waals surface area contributed by atoms with E-state index in [-0.39, 0.29) is 6.01 Å². The lowest BCUT2D eigenvalue weighted by atomic mass is 10.1. The van der Waals surface area contributed by atoms with Crippen LogP contribution in [0.1, 0.15) is 20.3 Å². The molecule has 0 aliphatic heterocycles. The molecule has 156 valence electrons. The van der Waals surface area contributed by atoms with Crippen molar-refractivity contribution in [1.82, 2.24) is 23.7 Å². The van der Waals surface area contributed by atoms with E-state index in [1.165, 1.54) is 17.9 Å². The molecule has 9 heteroatoms. The summed E-state index contributed by atoms with van der Waals surface area (Å²) in [6, 6.07) is 7.49. The van der Waals surface area contributed by atoms with Gasteiger partial charge in [0.2, 0.25) is 5.89 Å². The molecule has 0 aliphatic carbocycles. The molecule has 0 amide bonds. The van der Waals surface area contributed by atoms with Crippen LogP contribution in [0.4, 0.5) is 0 Å². The van der Waals surface area contributed by atoms with Gasteiger partial charge in [0, 0.05) is 26.2 Å². The van der Waals surface area contributed by atoms with Gasteiger partial charge in [-0.2, -0.15) is 4.98 Å². The van der Waals surface area contributed by atoms with Crippen molar-refractivity contribution in [2.24, 2.45) is 20.0 Å². The molecule has 0 unspecified atom stereocenters. The summed E-state index contributed by atoms with van der Waals surface area (Å²) in [5.74, 6) is 1.49. The molecular formula is C21H23N5O4. The van der Waals surface area contributed by atoms with Gasteiger partial charge in [0.25, 0.3) is 5.56 Å². The van der Waals surface area contributed by atoms with E-state index in [1.54, 1.807) is 29.9 Å². The van der Waals surface area contributed by atoms with Crippen LogP contribution >= 0.6 is 0 Å². The molecule has 0 aliphatic rings. The van der Waals surface area contributed by atoms with Gasteiger partial charge in [0.15, 0.2) is 11.2 Å². The van der Waals surface area contributed by atoms with Crippen molar-refractivity contribution in [3.8, 4) is 23.2 Å². The fraction of sp³-hybridized carbons (Fsp3) is 0.333. The highest BCUT2D eigenvalue weighted by Crippen LogP contribution is 2.27. The quantitative estimate of drug-likeness (QED) is 0.486. The van der Waals surface area contributed by atoms with Gasteiger partial charge in [-0.15, -0.1) is 0 Å². The van der Waals surface area contributed by atoms with Crippen LogP contribution in [0.25, 0.3) is 22.6 Å². The van der Waals surface area contributed by atoms with E-state index in [2.05, 4.69) is 23.8 Å². The highest BCUT2D eigenvalue weighted by Gasteiger charge is 2.20. The average Bonchev–Trinajstić information content (AvgIpc) is 3.38. The smallest absolute Gasteiger partial charge is 0.332 e. The topological polar surface area (TPSA) is 97.1 Å². The Kier molecular flexibility index (Phi) is 5.03. The zero-order valence-electron chi connectivity index (χ0n) is 17.3. The predicted octanol–water partition coefficient (Wildman–Crippen LogP) is 2.93. The van der Waals surface area contributed by atoms with Crippen molar-refractivity contribution in [3.63, 3.8) is 0 Å². The molecule has 0 saturated heterocycles. The molecule has 3 heterocycles. The Hall–Kier alpha value is -3.62. The highest BCUT2D eigenvalue weighted by atomic mass is 16.5. The molecule has 0 atom stereocenters. The lowest BCUT2D eigenvalue weighted by Crippen LogP contribution is -2.37. The molecule has 0 radical (unpaired) electrons. The number of nitrogens with zero attached hydrogens (tertiary/aromatic N) is 5. The number of aromatic nitrogens is 5. The van der Waals surface area contributed by atoms with Gasteiger partial charge in [-0.1, -0.05) is 13.8 Å². The van der Waals surface area contributed by atoms with E-state index >= 15 is 0 Å². The summed E-state index contributed by atoms with van der Waals surface area (Å²) < 4.78 is 15.5. The number of ether oxygens (including phenoxy) is 1. The van der Waals surface area contributed by atoms with Gasteiger partial charge in [0.05, 0.1) is 6.20 Å². The second kappa shape index (κ2) is 7.66. The van der Waals surface area contributed by atoms with Crippen LogP contribution in [0.5, 0.6) is 11.8 Å². The highest BCUT2D eigenvalue weighted by molar-refractivity contribution is 5.72. The zero-order valence-corrected chi connectivity index (χ0v) is 17.3. The van der Waals surface area contributed by atoms with Crippen LogP contribution in [-0.4, -0.2) is 23.7 Å². The molecule has 4 aromatic rings. The largest absolute Gasteiger partial charge is 0.445 e. The van der Waals surface area contributed by atoms with E-state index < -0.39 is 11.2 Å². The lowest BCUT2D eigenvalue weighted by molar-refractivity contribution is 0.401. The molecule has 4 rings (SSSR count). The Balaban J connectivity index is 1.78. The number of fused-ring (bicyclic) bond motifs is 1. The first-order valence-corrected chi connectivity index (χ1v) is 9.71. The molecule has 9 nitrogen and oxygen atoms in total. The summed E-state index contributed by atoms with van der Waals surface area (Å²) in [4.78, 5) is 33.8. The number of hydrogen-bond acceptors (Lipinski definition) is 6. The van der Waals surface area contributed by atoms with Gasteiger partial charge in [-0.3, -0.25) is 18.5 Å². The van der Waals surface area contributed by atoms with E-state index in [0.717, 1.165) is 16.6 Å². The summed E-state index contributed by atoms with van der Waals surface area (Å²) >= 11 is 0. The Morgan fingerprint density at radius 3 is 2.47 bits per heavy atom. The zero-order chi connectivity index (χ0) is 21.4. The summed E-state index contributed by atoms with van der Waals surface area (Å²) in [5.41, 5.74) is 0.656. The molecule has 1 aromatic carbocycles. The third-order valence-electron chi connectivity index (χ3n) is 4.99. The van der Waals surface area contributed by atoms with Gasteiger partial charge in [-0.25, -0.2) is 9.78 Å². The molecule has 3 aromatic heterocycles. The summed E-state index contributed by atoms with van der Waals surface area (Å²) in [6.07, 6.45) is 3.93. The first-order valence-electron chi connectivity index (χ1n) is 9.71. The van der Waals surface area contributed by atoms with Crippen LogP contribution in [0.15, 0.2) is 50.7 Å². The molecule has 0 spiro atoms. The van der Waals surface area contributed by atoms with Crippen molar-refractivity contribution in [2.45, 2.75) is 26.8 Å². The first-order chi connectivity index (χ1) is 14.4. The van der Waals surface area contributed by atoms with Crippen LogP contribution in [-0.2, 0) is 20.6 Å². The standard InChI is InChI=1S/C21H23N5O4/c1-13(2)9-11-26-16-17(24(3)21(28)25(4)19(16)27)23-20(26)30-15-7-5-14(6-8-15)18-22-10-12-29-18/h5-8,10,12-13H,9,11H2,1-4H3. The maximum Gasteiger partial charge on any atom is 0.332 e. The van der Waals surface area contributed by atoms with Crippen LogP contribution in [0.2, 0.25) is 0 Å². The van der Waals surface area contributed by atoms with Crippen molar-refractivity contribution >= 4 is 11.2 Å². The Morgan fingerprint density at radius 1 is 1.10 bits per heavy atom. The molecule has 0 fully saturated rings. The lowest BCUT2D eigenvalue weighted by Gasteiger charge is -2.11. The van der Waals surface area contributed by atoms with Crippen LogP contribution in [0, 0.1) is 5.92 Å². The van der Waals surface area contributed by atoms with Crippen molar-refractivity contribution in [3.05, 3.63) is 57.6 Å². The molecule has 30 heavy (non-hydrogen) atoms. The minimum absolute atomic E-state index is 0.271. The second-order valence-corrected chi connectivity index (χ2v) is 7.57.